The van der Waals surface area contributed by atoms with Gasteiger partial charge >= 0.3 is 0 Å². The van der Waals surface area contributed by atoms with Crippen molar-refractivity contribution in [2.75, 3.05) is 13.1 Å². The lowest BCUT2D eigenvalue weighted by Crippen LogP contribution is -2.49. The van der Waals surface area contributed by atoms with Gasteiger partial charge in [-0.2, -0.15) is 11.3 Å². The standard InChI is InChI=1S/C22H24N4O3S/c27-19(8-9-20-24-25-21(29-20)17-10-13-30-15-17)23-18(14-16-6-2-1-3-7-16)22(28)26-11-4-5-12-26/h1-3,6-7,10,13,15,18H,4-5,8-9,11-12,14H2,(H,23,27). The van der Waals surface area contributed by atoms with Gasteiger partial charge in [-0.05, 0) is 29.9 Å². The zero-order chi connectivity index (χ0) is 20.8. The second-order valence-electron chi connectivity index (χ2n) is 7.36. The molecule has 2 aromatic heterocycles. The monoisotopic (exact) mass is 424 g/mol. The van der Waals surface area contributed by atoms with Crippen LogP contribution in [-0.4, -0.2) is 46.0 Å². The van der Waals surface area contributed by atoms with E-state index in [-0.39, 0.29) is 18.2 Å². The number of hydrogen-bond donors (Lipinski definition) is 1. The van der Waals surface area contributed by atoms with Crippen molar-refractivity contribution in [3.05, 3.63) is 58.6 Å². The highest BCUT2D eigenvalue weighted by Crippen LogP contribution is 2.20. The van der Waals surface area contributed by atoms with Crippen molar-refractivity contribution in [1.82, 2.24) is 20.4 Å². The van der Waals surface area contributed by atoms with Gasteiger partial charge in [0, 0.05) is 43.3 Å². The average Bonchev–Trinajstić information content (AvgIpc) is 3.54. The van der Waals surface area contributed by atoms with Gasteiger partial charge in [0.15, 0.2) is 0 Å². The molecular weight excluding hydrogens is 400 g/mol. The van der Waals surface area contributed by atoms with Crippen molar-refractivity contribution in [3.8, 4) is 11.5 Å². The third-order valence-electron chi connectivity index (χ3n) is 5.13. The molecule has 156 valence electrons. The molecule has 0 saturated carbocycles. The van der Waals surface area contributed by atoms with Crippen LogP contribution < -0.4 is 5.32 Å². The lowest BCUT2D eigenvalue weighted by atomic mass is 10.0. The van der Waals surface area contributed by atoms with Crippen LogP contribution >= 0.6 is 11.3 Å². The molecule has 4 rings (SSSR count). The van der Waals surface area contributed by atoms with Crippen LogP contribution in [0, 0.1) is 0 Å². The van der Waals surface area contributed by atoms with E-state index in [0.29, 0.717) is 24.6 Å². The van der Waals surface area contributed by atoms with Crippen molar-refractivity contribution >= 4 is 23.2 Å². The normalized spacial score (nSPS) is 14.6. The molecule has 0 aliphatic carbocycles. The van der Waals surface area contributed by atoms with E-state index >= 15 is 0 Å². The Kier molecular flexibility index (Phi) is 6.53. The van der Waals surface area contributed by atoms with E-state index in [1.165, 1.54) is 0 Å². The summed E-state index contributed by atoms with van der Waals surface area (Å²) >= 11 is 1.55. The fourth-order valence-electron chi connectivity index (χ4n) is 3.55. The minimum Gasteiger partial charge on any atom is -0.421 e. The first-order chi connectivity index (χ1) is 14.7. The van der Waals surface area contributed by atoms with Crippen molar-refractivity contribution in [2.24, 2.45) is 0 Å². The third kappa shape index (κ3) is 5.13. The maximum atomic E-state index is 13.0. The van der Waals surface area contributed by atoms with E-state index in [1.807, 2.05) is 52.1 Å². The molecule has 1 fully saturated rings. The minimum absolute atomic E-state index is 0.0118. The summed E-state index contributed by atoms with van der Waals surface area (Å²) in [7, 11) is 0. The SMILES string of the molecule is O=C(CCc1nnc(-c2ccsc2)o1)NC(Cc1ccccc1)C(=O)N1CCCC1. The predicted octanol–water partition coefficient (Wildman–Crippen LogP) is 3.08. The van der Waals surface area contributed by atoms with Crippen LogP contribution in [0.5, 0.6) is 0 Å². The van der Waals surface area contributed by atoms with Crippen LogP contribution in [0.25, 0.3) is 11.5 Å². The number of amides is 2. The Labute approximate surface area is 179 Å². The fraction of sp³-hybridized carbons (Fsp3) is 0.364. The summed E-state index contributed by atoms with van der Waals surface area (Å²) in [6, 6.07) is 11.1. The van der Waals surface area contributed by atoms with Gasteiger partial charge in [-0.15, -0.1) is 10.2 Å². The van der Waals surface area contributed by atoms with Crippen LogP contribution in [0.2, 0.25) is 0 Å². The second kappa shape index (κ2) is 9.67. The summed E-state index contributed by atoms with van der Waals surface area (Å²) in [5.41, 5.74) is 1.90. The molecule has 0 bridgehead atoms. The number of rotatable bonds is 8. The number of benzene rings is 1. The number of likely N-dealkylation sites (tertiary alicyclic amines) is 1. The highest BCUT2D eigenvalue weighted by molar-refractivity contribution is 7.08. The highest BCUT2D eigenvalue weighted by atomic mass is 32.1. The average molecular weight is 425 g/mol. The molecule has 1 saturated heterocycles. The number of aryl methyl sites for hydroxylation is 1. The summed E-state index contributed by atoms with van der Waals surface area (Å²) in [5.74, 6) is 0.663. The molecule has 1 aliphatic rings. The molecule has 1 N–H and O–H groups in total. The van der Waals surface area contributed by atoms with Crippen LogP contribution in [0.3, 0.4) is 0 Å². The first kappa shape index (κ1) is 20.3. The maximum absolute atomic E-state index is 13.0. The van der Waals surface area contributed by atoms with Gasteiger partial charge in [-0.1, -0.05) is 30.3 Å². The molecule has 1 unspecified atom stereocenters. The molecule has 2 amide bonds. The molecule has 7 nitrogen and oxygen atoms in total. The molecule has 1 aliphatic heterocycles. The topological polar surface area (TPSA) is 88.3 Å². The largest absolute Gasteiger partial charge is 0.421 e. The quantitative estimate of drug-likeness (QED) is 0.600. The van der Waals surface area contributed by atoms with Crippen LogP contribution in [0.1, 0.15) is 30.7 Å². The molecule has 30 heavy (non-hydrogen) atoms. The lowest BCUT2D eigenvalue weighted by Gasteiger charge is -2.24. The smallest absolute Gasteiger partial charge is 0.248 e. The molecule has 3 heterocycles. The van der Waals surface area contributed by atoms with E-state index < -0.39 is 6.04 Å². The van der Waals surface area contributed by atoms with Gasteiger partial charge in [0.2, 0.25) is 23.6 Å². The number of aromatic nitrogens is 2. The van der Waals surface area contributed by atoms with E-state index in [4.69, 9.17) is 4.42 Å². The van der Waals surface area contributed by atoms with Crippen molar-refractivity contribution in [3.63, 3.8) is 0 Å². The van der Waals surface area contributed by atoms with Gasteiger partial charge in [0.25, 0.3) is 0 Å². The zero-order valence-electron chi connectivity index (χ0n) is 16.6. The number of nitrogens with one attached hydrogen (secondary N) is 1. The molecular formula is C22H24N4O3S. The molecule has 8 heteroatoms. The van der Waals surface area contributed by atoms with E-state index in [0.717, 1.165) is 37.1 Å². The Balaban J connectivity index is 1.36. The highest BCUT2D eigenvalue weighted by Gasteiger charge is 2.28. The predicted molar refractivity (Wildman–Crippen MR) is 114 cm³/mol. The third-order valence-corrected chi connectivity index (χ3v) is 5.82. The summed E-state index contributed by atoms with van der Waals surface area (Å²) < 4.78 is 5.64. The van der Waals surface area contributed by atoms with E-state index in [9.17, 15) is 9.59 Å². The number of nitrogens with zero attached hydrogens (tertiary/aromatic N) is 3. The first-order valence-corrected chi connectivity index (χ1v) is 11.1. The van der Waals surface area contributed by atoms with Gasteiger partial charge < -0.3 is 14.6 Å². The molecule has 0 spiro atoms. The van der Waals surface area contributed by atoms with Crippen LogP contribution in [0.4, 0.5) is 0 Å². The summed E-state index contributed by atoms with van der Waals surface area (Å²) in [6.07, 6.45) is 3.02. The van der Waals surface area contributed by atoms with E-state index in [2.05, 4.69) is 15.5 Å². The molecule has 0 radical (unpaired) electrons. The maximum Gasteiger partial charge on any atom is 0.248 e. The van der Waals surface area contributed by atoms with Gasteiger partial charge in [0.05, 0.1) is 0 Å². The van der Waals surface area contributed by atoms with Gasteiger partial charge in [0.1, 0.15) is 6.04 Å². The number of carbonyl (C=O) groups is 2. The molecule has 1 aromatic carbocycles. The first-order valence-electron chi connectivity index (χ1n) is 10.2. The summed E-state index contributed by atoms with van der Waals surface area (Å²) in [6.45, 7) is 1.51. The van der Waals surface area contributed by atoms with Crippen LogP contribution in [0.15, 0.2) is 51.6 Å². The van der Waals surface area contributed by atoms with Gasteiger partial charge in [-0.25, -0.2) is 0 Å². The van der Waals surface area contributed by atoms with Crippen molar-refractivity contribution in [1.29, 1.82) is 0 Å². The molecule has 3 aromatic rings. The Bertz CT molecular complexity index is 965. The van der Waals surface area contributed by atoms with Gasteiger partial charge in [-0.3, -0.25) is 9.59 Å². The number of carbonyl (C=O) groups excluding carboxylic acids is 2. The Morgan fingerprint density at radius 1 is 1.13 bits per heavy atom. The summed E-state index contributed by atoms with van der Waals surface area (Å²) in [4.78, 5) is 27.4. The molecule has 1 atom stereocenters. The zero-order valence-corrected chi connectivity index (χ0v) is 17.4. The Morgan fingerprint density at radius 3 is 2.67 bits per heavy atom. The lowest BCUT2D eigenvalue weighted by molar-refractivity contribution is -0.135. The minimum atomic E-state index is -0.568. The van der Waals surface area contributed by atoms with Crippen LogP contribution in [-0.2, 0) is 22.4 Å². The van der Waals surface area contributed by atoms with Crippen molar-refractivity contribution in [2.45, 2.75) is 38.1 Å². The summed E-state index contributed by atoms with van der Waals surface area (Å²) in [5, 5.41) is 14.9. The Hall–Kier alpha value is -3.00. The second-order valence-corrected chi connectivity index (χ2v) is 8.14. The van der Waals surface area contributed by atoms with E-state index in [1.54, 1.807) is 11.3 Å². The number of hydrogen-bond acceptors (Lipinski definition) is 6. The fourth-order valence-corrected chi connectivity index (χ4v) is 4.18. The van der Waals surface area contributed by atoms with Crippen molar-refractivity contribution < 1.29 is 14.0 Å². The Morgan fingerprint density at radius 2 is 1.93 bits per heavy atom. The number of thiophene rings is 1.